The smallest absolute Gasteiger partial charge is 0.318 e. The van der Waals surface area contributed by atoms with Crippen molar-refractivity contribution in [2.24, 2.45) is 0 Å². The molecule has 0 radical (unpaired) electrons. The molecule has 1 aromatic carbocycles. The van der Waals surface area contributed by atoms with Gasteiger partial charge in [0.05, 0.1) is 28.7 Å². The van der Waals surface area contributed by atoms with Gasteiger partial charge in [-0.15, -0.1) is 0 Å². The molecule has 0 spiro atoms. The molecule has 0 aliphatic heterocycles. The molecule has 0 amide bonds. The number of rotatable bonds is 3. The number of carbonyl (C=O) groups is 1. The van der Waals surface area contributed by atoms with Gasteiger partial charge in [-0.1, -0.05) is 23.9 Å². The number of carbonyl (C=O) groups excluding carboxylic acids is 1. The summed E-state index contributed by atoms with van der Waals surface area (Å²) < 4.78 is 6.74. The lowest BCUT2D eigenvalue weighted by Crippen LogP contribution is -2.15. The van der Waals surface area contributed by atoms with Crippen LogP contribution in [0.4, 0.5) is 0 Å². The number of aryl methyl sites for hydroxylation is 1. The molecule has 5 nitrogen and oxygen atoms in total. The number of methoxy groups -OCH3 is 1. The molecule has 0 aliphatic carbocycles. The maximum absolute atomic E-state index is 11.7. The van der Waals surface area contributed by atoms with E-state index in [-0.39, 0.29) is 11.2 Å². The van der Waals surface area contributed by atoms with Crippen molar-refractivity contribution in [1.82, 2.24) is 9.38 Å². The van der Waals surface area contributed by atoms with E-state index < -0.39 is 0 Å². The largest absolute Gasteiger partial charge is 0.468 e. The minimum atomic E-state index is -0.350. The predicted octanol–water partition coefficient (Wildman–Crippen LogP) is 3.32. The Bertz CT molecular complexity index is 956. The Morgan fingerprint density at radius 2 is 2.17 bits per heavy atom. The van der Waals surface area contributed by atoms with Crippen LogP contribution in [0.3, 0.4) is 0 Å². The summed E-state index contributed by atoms with van der Waals surface area (Å²) in [5, 5.41) is 9.97. The summed E-state index contributed by atoms with van der Waals surface area (Å²) in [6, 6.07) is 11.9. The number of esters is 1. The van der Waals surface area contributed by atoms with E-state index in [1.807, 2.05) is 41.7 Å². The lowest BCUT2D eigenvalue weighted by molar-refractivity contribution is -0.139. The highest BCUT2D eigenvalue weighted by molar-refractivity contribution is 8.00. The molecule has 23 heavy (non-hydrogen) atoms. The zero-order valence-electron chi connectivity index (χ0n) is 13.0. The molecule has 0 fully saturated rings. The molecule has 0 saturated heterocycles. The van der Waals surface area contributed by atoms with Crippen LogP contribution >= 0.6 is 11.8 Å². The molecule has 0 aliphatic rings. The molecule has 3 aromatic rings. The van der Waals surface area contributed by atoms with Crippen LogP contribution in [-0.2, 0) is 9.53 Å². The molecule has 1 unspecified atom stereocenters. The first kappa shape index (κ1) is 15.4. The van der Waals surface area contributed by atoms with Crippen LogP contribution < -0.4 is 0 Å². The second-order valence-electron chi connectivity index (χ2n) is 5.20. The molecule has 0 bridgehead atoms. The Kier molecular flexibility index (Phi) is 3.97. The van der Waals surface area contributed by atoms with Crippen LogP contribution in [0, 0.1) is 18.3 Å². The summed E-state index contributed by atoms with van der Waals surface area (Å²) >= 11 is 1.40. The van der Waals surface area contributed by atoms with Gasteiger partial charge >= 0.3 is 5.97 Å². The summed E-state index contributed by atoms with van der Waals surface area (Å²) in [6.45, 7) is 3.68. The normalized spacial score (nSPS) is 12.3. The van der Waals surface area contributed by atoms with Gasteiger partial charge < -0.3 is 4.74 Å². The van der Waals surface area contributed by atoms with Crippen molar-refractivity contribution >= 4 is 34.4 Å². The number of nitriles is 1. The SMILES string of the molecule is COC(=O)C(C)Sc1cc(C)c(C#N)c2nc3ccccc3n12. The number of hydrogen-bond donors (Lipinski definition) is 0. The van der Waals surface area contributed by atoms with Gasteiger partial charge in [-0.25, -0.2) is 4.98 Å². The standard InChI is InChI=1S/C17H15N3O2S/c1-10-8-15(23-11(2)17(21)22-3)20-14-7-5-4-6-13(14)19-16(20)12(10)9-18/h4-8,11H,1-3H3. The molecule has 1 atom stereocenters. The van der Waals surface area contributed by atoms with Crippen molar-refractivity contribution in [2.75, 3.05) is 7.11 Å². The third kappa shape index (κ3) is 2.53. The number of aromatic nitrogens is 2. The second kappa shape index (κ2) is 5.94. The van der Waals surface area contributed by atoms with Gasteiger partial charge in [0, 0.05) is 0 Å². The minimum absolute atomic E-state index is 0.283. The summed E-state index contributed by atoms with van der Waals surface area (Å²) in [4.78, 5) is 16.3. The van der Waals surface area contributed by atoms with Crippen LogP contribution in [0.5, 0.6) is 0 Å². The minimum Gasteiger partial charge on any atom is -0.468 e. The summed E-state index contributed by atoms with van der Waals surface area (Å²) in [5.41, 5.74) is 3.75. The molecule has 116 valence electrons. The Balaban J connectivity index is 2.29. The number of fused-ring (bicyclic) bond motifs is 3. The van der Waals surface area contributed by atoms with Crippen LogP contribution in [0.2, 0.25) is 0 Å². The van der Waals surface area contributed by atoms with Crippen molar-refractivity contribution in [1.29, 1.82) is 5.26 Å². The van der Waals surface area contributed by atoms with E-state index in [9.17, 15) is 10.1 Å². The molecule has 0 N–H and O–H groups in total. The van der Waals surface area contributed by atoms with E-state index in [0.29, 0.717) is 11.2 Å². The van der Waals surface area contributed by atoms with Crippen molar-refractivity contribution < 1.29 is 9.53 Å². The Morgan fingerprint density at radius 1 is 1.43 bits per heavy atom. The first-order valence-corrected chi connectivity index (χ1v) is 8.00. The van der Waals surface area contributed by atoms with Crippen LogP contribution in [0.15, 0.2) is 35.4 Å². The first-order chi connectivity index (χ1) is 11.1. The van der Waals surface area contributed by atoms with Gasteiger partial charge in [0.1, 0.15) is 11.3 Å². The van der Waals surface area contributed by atoms with Gasteiger partial charge in [-0.05, 0) is 37.6 Å². The number of nitrogens with zero attached hydrogens (tertiary/aromatic N) is 3. The van der Waals surface area contributed by atoms with E-state index in [1.165, 1.54) is 18.9 Å². The van der Waals surface area contributed by atoms with E-state index in [1.54, 1.807) is 6.92 Å². The number of thioether (sulfide) groups is 1. The van der Waals surface area contributed by atoms with Gasteiger partial charge in [-0.3, -0.25) is 9.20 Å². The summed E-state index contributed by atoms with van der Waals surface area (Å²) in [6.07, 6.45) is 0. The molecule has 2 aromatic heterocycles. The number of para-hydroxylation sites is 2. The van der Waals surface area contributed by atoms with Gasteiger partial charge in [-0.2, -0.15) is 5.26 Å². The lowest BCUT2D eigenvalue weighted by atomic mass is 10.2. The number of hydrogen-bond acceptors (Lipinski definition) is 5. The lowest BCUT2D eigenvalue weighted by Gasteiger charge is -2.13. The first-order valence-electron chi connectivity index (χ1n) is 7.12. The molecule has 0 saturated carbocycles. The quantitative estimate of drug-likeness (QED) is 0.546. The number of benzene rings is 1. The predicted molar refractivity (Wildman–Crippen MR) is 89.5 cm³/mol. The van der Waals surface area contributed by atoms with Crippen LogP contribution in [0.1, 0.15) is 18.1 Å². The zero-order chi connectivity index (χ0) is 16.6. The van der Waals surface area contributed by atoms with Gasteiger partial charge in [0.15, 0.2) is 5.65 Å². The summed E-state index contributed by atoms with van der Waals surface area (Å²) in [7, 11) is 1.38. The second-order valence-corrected chi connectivity index (χ2v) is 6.56. The highest BCUT2D eigenvalue weighted by atomic mass is 32.2. The molecule has 3 rings (SSSR count). The van der Waals surface area contributed by atoms with E-state index in [0.717, 1.165) is 21.6 Å². The monoisotopic (exact) mass is 325 g/mol. The Labute approximate surface area is 137 Å². The number of pyridine rings is 1. The average molecular weight is 325 g/mol. The van der Waals surface area contributed by atoms with E-state index >= 15 is 0 Å². The molecular weight excluding hydrogens is 310 g/mol. The molecule has 6 heteroatoms. The number of imidazole rings is 1. The topological polar surface area (TPSA) is 67.4 Å². The van der Waals surface area contributed by atoms with Crippen molar-refractivity contribution in [2.45, 2.75) is 24.1 Å². The van der Waals surface area contributed by atoms with E-state index in [2.05, 4.69) is 11.1 Å². The maximum Gasteiger partial charge on any atom is 0.318 e. The van der Waals surface area contributed by atoms with Crippen molar-refractivity contribution in [3.05, 3.63) is 41.5 Å². The van der Waals surface area contributed by atoms with Crippen molar-refractivity contribution in [3.63, 3.8) is 0 Å². The fourth-order valence-corrected chi connectivity index (χ4v) is 3.62. The highest BCUT2D eigenvalue weighted by Gasteiger charge is 2.20. The fraction of sp³-hybridized carbons (Fsp3) is 0.235. The summed E-state index contributed by atoms with van der Waals surface area (Å²) in [5.74, 6) is -0.283. The third-order valence-electron chi connectivity index (χ3n) is 3.68. The van der Waals surface area contributed by atoms with Gasteiger partial charge in [0.25, 0.3) is 0 Å². The average Bonchev–Trinajstić information content (AvgIpc) is 2.93. The molecular formula is C17H15N3O2S. The van der Waals surface area contributed by atoms with Crippen LogP contribution in [-0.4, -0.2) is 27.7 Å². The zero-order valence-corrected chi connectivity index (χ0v) is 13.8. The van der Waals surface area contributed by atoms with Crippen LogP contribution in [0.25, 0.3) is 16.7 Å². The molecule has 2 heterocycles. The fourth-order valence-electron chi connectivity index (χ4n) is 2.54. The highest BCUT2D eigenvalue weighted by Crippen LogP contribution is 2.31. The Morgan fingerprint density at radius 3 is 2.87 bits per heavy atom. The van der Waals surface area contributed by atoms with Crippen molar-refractivity contribution in [3.8, 4) is 6.07 Å². The number of ether oxygens (including phenoxy) is 1. The van der Waals surface area contributed by atoms with Gasteiger partial charge in [0.2, 0.25) is 0 Å². The maximum atomic E-state index is 11.7. The van der Waals surface area contributed by atoms with E-state index in [4.69, 9.17) is 4.74 Å². The third-order valence-corrected chi connectivity index (χ3v) is 4.77. The Hall–Kier alpha value is -2.52.